The van der Waals surface area contributed by atoms with E-state index in [4.69, 9.17) is 25.9 Å². The minimum Gasteiger partial charge on any atom is -0.478 e. The molecular formula is C20H18ClNO4. The van der Waals surface area contributed by atoms with Gasteiger partial charge in [0.05, 0.1) is 23.1 Å². The summed E-state index contributed by atoms with van der Waals surface area (Å²) < 4.78 is 11.8. The SMILES string of the molecule is Cc1oc2c3c(ccc2c(=O)c1-c1ccc(Cl)cc1)OCN(CCO)C3. The zero-order valence-corrected chi connectivity index (χ0v) is 15.0. The molecule has 3 aromatic rings. The molecule has 1 aliphatic rings. The Kier molecular flexibility index (Phi) is 4.44. The van der Waals surface area contributed by atoms with E-state index < -0.39 is 0 Å². The van der Waals surface area contributed by atoms with Gasteiger partial charge >= 0.3 is 0 Å². The zero-order chi connectivity index (χ0) is 18.3. The topological polar surface area (TPSA) is 62.9 Å². The van der Waals surface area contributed by atoms with Crippen molar-refractivity contribution < 1.29 is 14.3 Å². The van der Waals surface area contributed by atoms with Crippen LogP contribution in [0.25, 0.3) is 22.1 Å². The largest absolute Gasteiger partial charge is 0.478 e. The minimum atomic E-state index is -0.0758. The second-order valence-electron chi connectivity index (χ2n) is 6.34. The monoisotopic (exact) mass is 371 g/mol. The second-order valence-corrected chi connectivity index (χ2v) is 6.77. The van der Waals surface area contributed by atoms with E-state index in [1.807, 2.05) is 23.1 Å². The van der Waals surface area contributed by atoms with E-state index >= 15 is 0 Å². The van der Waals surface area contributed by atoms with E-state index in [0.29, 0.717) is 52.9 Å². The van der Waals surface area contributed by atoms with Gasteiger partial charge in [0.1, 0.15) is 23.8 Å². The van der Waals surface area contributed by atoms with E-state index in [1.165, 1.54) is 0 Å². The molecule has 0 atom stereocenters. The molecule has 0 bridgehead atoms. The summed E-state index contributed by atoms with van der Waals surface area (Å²) in [7, 11) is 0. The molecule has 0 saturated carbocycles. The van der Waals surface area contributed by atoms with Gasteiger partial charge in [-0.3, -0.25) is 9.69 Å². The number of halogens is 1. The third kappa shape index (κ3) is 2.88. The lowest BCUT2D eigenvalue weighted by Gasteiger charge is -2.28. The maximum atomic E-state index is 13.1. The Morgan fingerprint density at radius 1 is 1.19 bits per heavy atom. The Labute approximate surface area is 155 Å². The van der Waals surface area contributed by atoms with Crippen molar-refractivity contribution in [2.75, 3.05) is 19.9 Å². The molecule has 26 heavy (non-hydrogen) atoms. The number of aliphatic hydroxyl groups excluding tert-OH is 1. The molecule has 2 aromatic carbocycles. The first-order chi connectivity index (χ1) is 12.6. The second kappa shape index (κ2) is 6.76. The molecule has 4 rings (SSSR count). The number of benzene rings is 2. The number of rotatable bonds is 3. The molecule has 134 valence electrons. The van der Waals surface area contributed by atoms with Gasteiger partial charge in [0.2, 0.25) is 5.43 Å². The molecule has 0 spiro atoms. The fraction of sp³-hybridized carbons (Fsp3) is 0.250. The average Bonchev–Trinajstić information content (AvgIpc) is 2.63. The van der Waals surface area contributed by atoms with Gasteiger partial charge in [-0.1, -0.05) is 23.7 Å². The van der Waals surface area contributed by atoms with Crippen molar-refractivity contribution in [3.63, 3.8) is 0 Å². The standard InChI is InChI=1S/C20H18ClNO4/c1-12-18(13-2-4-14(21)5-3-13)19(24)15-6-7-17-16(20(15)26-12)10-22(8-9-23)11-25-17/h2-7,23H,8-11H2,1H3. The Hall–Kier alpha value is -2.34. The molecule has 0 fully saturated rings. The van der Waals surface area contributed by atoms with Gasteiger partial charge in [0.25, 0.3) is 0 Å². The van der Waals surface area contributed by atoms with Gasteiger partial charge in [0, 0.05) is 18.1 Å². The first-order valence-electron chi connectivity index (χ1n) is 8.39. The average molecular weight is 372 g/mol. The molecule has 0 radical (unpaired) electrons. The van der Waals surface area contributed by atoms with Crippen LogP contribution in [-0.2, 0) is 6.54 Å². The summed E-state index contributed by atoms with van der Waals surface area (Å²) in [6, 6.07) is 10.7. The van der Waals surface area contributed by atoms with E-state index in [-0.39, 0.29) is 12.0 Å². The van der Waals surface area contributed by atoms with Crippen LogP contribution in [-0.4, -0.2) is 29.9 Å². The summed E-state index contributed by atoms with van der Waals surface area (Å²) in [5.41, 5.74) is 2.63. The van der Waals surface area contributed by atoms with Crippen LogP contribution in [0.3, 0.4) is 0 Å². The van der Waals surface area contributed by atoms with Crippen molar-refractivity contribution >= 4 is 22.6 Å². The highest BCUT2D eigenvalue weighted by Gasteiger charge is 2.23. The zero-order valence-electron chi connectivity index (χ0n) is 14.3. The van der Waals surface area contributed by atoms with Gasteiger partial charge in [0.15, 0.2) is 0 Å². The van der Waals surface area contributed by atoms with Crippen LogP contribution < -0.4 is 10.2 Å². The van der Waals surface area contributed by atoms with Gasteiger partial charge in [-0.25, -0.2) is 0 Å². The van der Waals surface area contributed by atoms with Crippen LogP contribution in [0.1, 0.15) is 11.3 Å². The summed E-state index contributed by atoms with van der Waals surface area (Å²) in [4.78, 5) is 15.1. The van der Waals surface area contributed by atoms with Crippen molar-refractivity contribution in [1.82, 2.24) is 4.90 Å². The molecule has 0 aliphatic carbocycles. The van der Waals surface area contributed by atoms with Crippen molar-refractivity contribution in [2.24, 2.45) is 0 Å². The Morgan fingerprint density at radius 2 is 1.96 bits per heavy atom. The van der Waals surface area contributed by atoms with E-state index in [0.717, 1.165) is 11.1 Å². The molecule has 1 aliphatic heterocycles. The van der Waals surface area contributed by atoms with Crippen molar-refractivity contribution in [1.29, 1.82) is 0 Å². The van der Waals surface area contributed by atoms with E-state index in [2.05, 4.69) is 0 Å². The summed E-state index contributed by atoms with van der Waals surface area (Å²) in [6.45, 7) is 3.31. The van der Waals surface area contributed by atoms with Gasteiger partial charge < -0.3 is 14.3 Å². The highest BCUT2D eigenvalue weighted by molar-refractivity contribution is 6.30. The highest BCUT2D eigenvalue weighted by atomic mass is 35.5. The first-order valence-corrected chi connectivity index (χ1v) is 8.77. The number of ether oxygens (including phenoxy) is 1. The maximum Gasteiger partial charge on any atom is 0.200 e. The third-order valence-corrected chi connectivity index (χ3v) is 4.88. The fourth-order valence-electron chi connectivity index (χ4n) is 3.35. The number of hydrogen-bond donors (Lipinski definition) is 1. The molecule has 6 heteroatoms. The van der Waals surface area contributed by atoms with Crippen molar-refractivity contribution in [3.05, 3.63) is 63.0 Å². The normalized spacial score (nSPS) is 14.3. The molecule has 1 N–H and O–H groups in total. The highest BCUT2D eigenvalue weighted by Crippen LogP contribution is 2.33. The summed E-state index contributed by atoms with van der Waals surface area (Å²) in [5.74, 6) is 1.27. The summed E-state index contributed by atoms with van der Waals surface area (Å²) >= 11 is 5.95. The molecule has 5 nitrogen and oxygen atoms in total. The van der Waals surface area contributed by atoms with Crippen molar-refractivity contribution in [2.45, 2.75) is 13.5 Å². The molecule has 2 heterocycles. The number of aliphatic hydroxyl groups is 1. The quantitative estimate of drug-likeness (QED) is 0.762. The van der Waals surface area contributed by atoms with Gasteiger partial charge in [-0.15, -0.1) is 0 Å². The number of β-amino-alcohol motifs (C(OH)–C–C–N with tert-alkyl or cyclic N) is 1. The van der Waals surface area contributed by atoms with Crippen LogP contribution in [0.2, 0.25) is 5.02 Å². The Morgan fingerprint density at radius 3 is 2.69 bits per heavy atom. The minimum absolute atomic E-state index is 0.0488. The molecule has 0 amide bonds. The smallest absolute Gasteiger partial charge is 0.200 e. The molecule has 0 unspecified atom stereocenters. The van der Waals surface area contributed by atoms with Gasteiger partial charge in [-0.2, -0.15) is 0 Å². The van der Waals surface area contributed by atoms with E-state index in [9.17, 15) is 4.79 Å². The Balaban J connectivity index is 1.90. The molecule has 1 aromatic heterocycles. The van der Waals surface area contributed by atoms with Crippen molar-refractivity contribution in [3.8, 4) is 16.9 Å². The number of nitrogens with zero attached hydrogens (tertiary/aromatic N) is 1. The third-order valence-electron chi connectivity index (χ3n) is 4.63. The predicted molar refractivity (Wildman–Crippen MR) is 101 cm³/mol. The van der Waals surface area contributed by atoms with E-state index in [1.54, 1.807) is 25.1 Å². The van der Waals surface area contributed by atoms with Gasteiger partial charge in [-0.05, 0) is 36.8 Å². The number of fused-ring (bicyclic) bond motifs is 3. The molecular weight excluding hydrogens is 354 g/mol. The van der Waals surface area contributed by atoms with Crippen LogP contribution in [0.15, 0.2) is 45.6 Å². The summed E-state index contributed by atoms with van der Waals surface area (Å²) in [6.07, 6.45) is 0. The number of hydrogen-bond acceptors (Lipinski definition) is 5. The van der Waals surface area contributed by atoms with Crippen LogP contribution in [0, 0.1) is 6.92 Å². The first kappa shape index (κ1) is 17.1. The Bertz CT molecular complexity index is 1030. The molecule has 0 saturated heterocycles. The van der Waals surface area contributed by atoms with Crippen LogP contribution in [0.5, 0.6) is 5.75 Å². The fourth-order valence-corrected chi connectivity index (χ4v) is 3.48. The number of aryl methyl sites for hydroxylation is 1. The lowest BCUT2D eigenvalue weighted by Crippen LogP contribution is -2.34. The van der Waals surface area contributed by atoms with Crippen LogP contribution in [0.4, 0.5) is 0 Å². The predicted octanol–water partition coefficient (Wildman–Crippen LogP) is 3.57. The van der Waals surface area contributed by atoms with Crippen LogP contribution >= 0.6 is 11.6 Å². The lowest BCUT2D eigenvalue weighted by molar-refractivity contribution is 0.0774. The lowest BCUT2D eigenvalue weighted by atomic mass is 10.0. The summed E-state index contributed by atoms with van der Waals surface area (Å²) in [5, 5.41) is 10.3. The maximum absolute atomic E-state index is 13.1.